The molecule has 0 spiro atoms. The van der Waals surface area contributed by atoms with Crippen molar-refractivity contribution in [2.45, 2.75) is 0 Å². The van der Waals surface area contributed by atoms with E-state index in [0.717, 1.165) is 28.1 Å². The zero-order chi connectivity index (χ0) is 34.0. The molecule has 0 amide bonds. The minimum atomic E-state index is 0.945. The molecule has 0 N–H and O–H groups in total. The van der Waals surface area contributed by atoms with Gasteiger partial charge in [0.15, 0.2) is 0 Å². The van der Waals surface area contributed by atoms with Crippen LogP contribution >= 0.6 is 0 Å². The van der Waals surface area contributed by atoms with E-state index in [2.05, 4.69) is 199 Å². The number of rotatable bonds is 7. The first-order valence-electron chi connectivity index (χ1n) is 17.4. The van der Waals surface area contributed by atoms with Gasteiger partial charge in [-0.05, 0) is 110 Å². The largest absolute Gasteiger partial charge is 0.292 e. The number of nitrogens with zero attached hydrogens (tertiary/aromatic N) is 2. The van der Waals surface area contributed by atoms with E-state index >= 15 is 0 Å². The second-order valence-electron chi connectivity index (χ2n) is 12.9. The molecular formula is C49H34N2. The summed E-state index contributed by atoms with van der Waals surface area (Å²) in [7, 11) is 0. The number of fused-ring (bicyclic) bond motifs is 3. The van der Waals surface area contributed by atoms with Crippen LogP contribution in [0.15, 0.2) is 188 Å². The first kappa shape index (κ1) is 30.3. The molecule has 0 saturated carbocycles. The summed E-state index contributed by atoms with van der Waals surface area (Å²) in [5, 5.41) is 4.84. The van der Waals surface area contributed by atoms with Gasteiger partial charge in [0, 0.05) is 11.3 Å². The zero-order valence-corrected chi connectivity index (χ0v) is 28.0. The van der Waals surface area contributed by atoms with Crippen molar-refractivity contribution in [3.8, 4) is 17.1 Å². The maximum Gasteiger partial charge on any atom is 0.145 e. The lowest BCUT2D eigenvalue weighted by molar-refractivity contribution is 1.10. The Bertz CT molecular complexity index is 2680. The number of para-hydroxylation sites is 3. The van der Waals surface area contributed by atoms with E-state index < -0.39 is 0 Å². The fourth-order valence-corrected chi connectivity index (χ4v) is 6.97. The highest BCUT2D eigenvalue weighted by Gasteiger charge is 2.14. The predicted octanol–water partition coefficient (Wildman–Crippen LogP) is 12.8. The van der Waals surface area contributed by atoms with Crippen LogP contribution in [0.1, 0.15) is 27.8 Å². The van der Waals surface area contributed by atoms with Crippen LogP contribution in [0.5, 0.6) is 0 Å². The standard InChI is InChI=1S/C49H34N2/c1-4-12-38(13-5-1)46(39-14-6-2-7-15-39)33-37-24-27-40-30-35(22-25-41(40)32-37)20-21-36-23-26-43-34-44(29-28-42(43)31-36)49-50-47-18-10-11-19-48(47)51(49)45-16-8-3-9-17-45/h1-34H/b21-20+. The van der Waals surface area contributed by atoms with E-state index in [-0.39, 0.29) is 0 Å². The van der Waals surface area contributed by atoms with Crippen LogP contribution in [-0.2, 0) is 0 Å². The average Bonchev–Trinajstić information content (AvgIpc) is 3.59. The third-order valence-electron chi connectivity index (χ3n) is 9.53. The lowest BCUT2D eigenvalue weighted by Gasteiger charge is -2.10. The topological polar surface area (TPSA) is 17.8 Å². The van der Waals surface area contributed by atoms with E-state index in [1.165, 1.54) is 54.9 Å². The molecule has 9 aromatic rings. The van der Waals surface area contributed by atoms with Crippen LogP contribution in [0.4, 0.5) is 0 Å². The molecule has 1 aromatic heterocycles. The summed E-state index contributed by atoms with van der Waals surface area (Å²) in [6, 6.07) is 66.8. The van der Waals surface area contributed by atoms with Gasteiger partial charge in [0.05, 0.1) is 11.0 Å². The molecule has 0 unspecified atom stereocenters. The highest BCUT2D eigenvalue weighted by Crippen LogP contribution is 2.32. The van der Waals surface area contributed by atoms with Crippen LogP contribution in [0.3, 0.4) is 0 Å². The Labute approximate surface area is 297 Å². The van der Waals surface area contributed by atoms with Gasteiger partial charge in [0.25, 0.3) is 0 Å². The summed E-state index contributed by atoms with van der Waals surface area (Å²) in [6.07, 6.45) is 6.69. The molecule has 0 atom stereocenters. The third-order valence-corrected chi connectivity index (χ3v) is 9.53. The van der Waals surface area contributed by atoms with Gasteiger partial charge in [-0.3, -0.25) is 4.57 Å². The fourth-order valence-electron chi connectivity index (χ4n) is 6.97. The van der Waals surface area contributed by atoms with Gasteiger partial charge >= 0.3 is 0 Å². The van der Waals surface area contributed by atoms with Crippen LogP contribution in [0.2, 0.25) is 0 Å². The van der Waals surface area contributed by atoms with Crippen molar-refractivity contribution in [2.75, 3.05) is 0 Å². The summed E-state index contributed by atoms with van der Waals surface area (Å²) in [5.74, 6) is 0.945. The molecule has 2 nitrogen and oxygen atoms in total. The second kappa shape index (κ2) is 13.3. The van der Waals surface area contributed by atoms with E-state index in [1.807, 2.05) is 12.1 Å². The van der Waals surface area contributed by atoms with Crippen LogP contribution in [-0.4, -0.2) is 9.55 Å². The molecule has 51 heavy (non-hydrogen) atoms. The Kier molecular flexibility index (Phi) is 7.88. The minimum Gasteiger partial charge on any atom is -0.292 e. The van der Waals surface area contributed by atoms with Crippen LogP contribution in [0.25, 0.3) is 73.5 Å². The zero-order valence-electron chi connectivity index (χ0n) is 28.0. The molecule has 9 rings (SSSR count). The van der Waals surface area contributed by atoms with Crippen molar-refractivity contribution in [1.82, 2.24) is 9.55 Å². The SMILES string of the molecule is C(=C(c1ccccc1)c1ccccc1)c1ccc2cc(/C=C/c3ccc4cc(-c5nc6ccccc6n5-c5ccccc5)ccc4c3)ccc2c1. The summed E-state index contributed by atoms with van der Waals surface area (Å²) < 4.78 is 2.25. The van der Waals surface area contributed by atoms with Gasteiger partial charge in [-0.1, -0.05) is 152 Å². The van der Waals surface area contributed by atoms with Crippen molar-refractivity contribution >= 4 is 56.4 Å². The van der Waals surface area contributed by atoms with Gasteiger partial charge in [-0.25, -0.2) is 4.98 Å². The van der Waals surface area contributed by atoms with Crippen molar-refractivity contribution in [3.05, 3.63) is 216 Å². The molecule has 8 aromatic carbocycles. The van der Waals surface area contributed by atoms with Gasteiger partial charge in [0.2, 0.25) is 0 Å². The van der Waals surface area contributed by atoms with Crippen LogP contribution in [0, 0.1) is 0 Å². The Hall–Kier alpha value is -6.77. The van der Waals surface area contributed by atoms with E-state index in [9.17, 15) is 0 Å². The summed E-state index contributed by atoms with van der Waals surface area (Å²) in [4.78, 5) is 5.06. The quantitative estimate of drug-likeness (QED) is 0.157. The van der Waals surface area contributed by atoms with Crippen molar-refractivity contribution in [3.63, 3.8) is 0 Å². The predicted molar refractivity (Wildman–Crippen MR) is 217 cm³/mol. The summed E-state index contributed by atoms with van der Waals surface area (Å²) in [6.45, 7) is 0. The molecule has 0 aliphatic carbocycles. The van der Waals surface area contributed by atoms with Crippen LogP contribution < -0.4 is 0 Å². The highest BCUT2D eigenvalue weighted by atomic mass is 15.1. The number of hydrogen-bond acceptors (Lipinski definition) is 1. The lowest BCUT2D eigenvalue weighted by atomic mass is 9.95. The molecular weight excluding hydrogens is 617 g/mol. The molecule has 0 radical (unpaired) electrons. The van der Waals surface area contributed by atoms with Crippen molar-refractivity contribution in [1.29, 1.82) is 0 Å². The van der Waals surface area contributed by atoms with E-state index in [1.54, 1.807) is 0 Å². The fraction of sp³-hybridized carbons (Fsp3) is 0. The summed E-state index contributed by atoms with van der Waals surface area (Å²) >= 11 is 0. The lowest BCUT2D eigenvalue weighted by Crippen LogP contribution is -1.97. The Balaban J connectivity index is 0.985. The van der Waals surface area contributed by atoms with Gasteiger partial charge in [-0.2, -0.15) is 0 Å². The Morgan fingerprint density at radius 3 is 1.55 bits per heavy atom. The first-order valence-corrected chi connectivity index (χ1v) is 17.4. The monoisotopic (exact) mass is 650 g/mol. The molecule has 0 aliphatic heterocycles. The molecule has 0 bridgehead atoms. The van der Waals surface area contributed by atoms with Crippen molar-refractivity contribution in [2.24, 2.45) is 0 Å². The Morgan fingerprint density at radius 1 is 0.431 bits per heavy atom. The van der Waals surface area contributed by atoms with Crippen molar-refractivity contribution < 1.29 is 0 Å². The average molecular weight is 651 g/mol. The van der Waals surface area contributed by atoms with Gasteiger partial charge in [0.1, 0.15) is 5.82 Å². The second-order valence-corrected chi connectivity index (χ2v) is 12.9. The maximum atomic E-state index is 5.06. The third kappa shape index (κ3) is 6.16. The number of benzene rings is 8. The molecule has 0 saturated heterocycles. The maximum absolute atomic E-state index is 5.06. The molecule has 2 heteroatoms. The van der Waals surface area contributed by atoms with E-state index in [4.69, 9.17) is 4.98 Å². The highest BCUT2D eigenvalue weighted by molar-refractivity contribution is 5.95. The van der Waals surface area contributed by atoms with Gasteiger partial charge in [-0.15, -0.1) is 0 Å². The number of imidazole rings is 1. The smallest absolute Gasteiger partial charge is 0.145 e. The molecule has 0 fully saturated rings. The van der Waals surface area contributed by atoms with E-state index in [0.29, 0.717) is 0 Å². The Morgan fingerprint density at radius 2 is 0.922 bits per heavy atom. The number of hydrogen-bond donors (Lipinski definition) is 0. The van der Waals surface area contributed by atoms with Gasteiger partial charge < -0.3 is 0 Å². The molecule has 240 valence electrons. The first-order chi connectivity index (χ1) is 25.2. The molecule has 0 aliphatic rings. The summed E-state index contributed by atoms with van der Waals surface area (Å²) in [5.41, 5.74) is 11.5. The minimum absolute atomic E-state index is 0.945. The number of aromatic nitrogens is 2. The normalized spacial score (nSPS) is 11.5. The molecule has 1 heterocycles.